The molecule has 2 rings (SSSR count). The summed E-state index contributed by atoms with van der Waals surface area (Å²) in [5.41, 5.74) is 0.403. The Kier molecular flexibility index (Phi) is 2.92. The van der Waals surface area contributed by atoms with Crippen LogP contribution in [0.4, 0.5) is 0 Å². The number of rotatable bonds is 5. The summed E-state index contributed by atoms with van der Waals surface area (Å²) in [5, 5.41) is 11.7. The average Bonchev–Trinajstić information content (AvgIpc) is 2.82. The molecule has 0 aromatic carbocycles. The fourth-order valence-electron chi connectivity index (χ4n) is 1.66. The molecule has 1 aliphatic carbocycles. The number of hydrogen-bond acceptors (Lipinski definition) is 2. The number of carboxylic acids is 1. The summed E-state index contributed by atoms with van der Waals surface area (Å²) >= 11 is 0. The molecule has 92 valence electrons. The lowest BCUT2D eigenvalue weighted by atomic mass is 10.1. The van der Waals surface area contributed by atoms with Gasteiger partial charge in [0, 0.05) is 12.7 Å². The lowest BCUT2D eigenvalue weighted by Gasteiger charge is -2.11. The van der Waals surface area contributed by atoms with Gasteiger partial charge in [-0.2, -0.15) is 0 Å². The van der Waals surface area contributed by atoms with E-state index >= 15 is 0 Å². The molecule has 0 saturated heterocycles. The Morgan fingerprint density at radius 2 is 2.24 bits per heavy atom. The molecule has 1 aliphatic rings. The molecule has 5 nitrogen and oxygen atoms in total. The summed E-state index contributed by atoms with van der Waals surface area (Å²) < 4.78 is 1.44. The van der Waals surface area contributed by atoms with E-state index in [2.05, 4.69) is 12.2 Å². The van der Waals surface area contributed by atoms with E-state index in [-0.39, 0.29) is 23.6 Å². The topological polar surface area (TPSA) is 71.3 Å². The van der Waals surface area contributed by atoms with Gasteiger partial charge in [0.05, 0.1) is 0 Å². The van der Waals surface area contributed by atoms with Gasteiger partial charge in [-0.05, 0) is 30.4 Å². The van der Waals surface area contributed by atoms with Crippen molar-refractivity contribution in [1.29, 1.82) is 0 Å². The first-order valence-electron chi connectivity index (χ1n) is 5.65. The van der Waals surface area contributed by atoms with E-state index < -0.39 is 5.97 Å². The number of carboxylic acid groups (broad SMARTS) is 1. The van der Waals surface area contributed by atoms with Crippen LogP contribution < -0.4 is 5.32 Å². The first kappa shape index (κ1) is 11.7. The molecule has 0 atom stereocenters. The maximum absolute atomic E-state index is 11.6. The minimum atomic E-state index is -1.02. The van der Waals surface area contributed by atoms with Crippen molar-refractivity contribution in [2.75, 3.05) is 6.54 Å². The van der Waals surface area contributed by atoms with Crippen LogP contribution in [0.1, 0.15) is 30.3 Å². The highest BCUT2D eigenvalue weighted by Gasteiger charge is 2.37. The van der Waals surface area contributed by atoms with Gasteiger partial charge in [0.25, 0.3) is 0 Å². The number of nitrogens with one attached hydrogen (secondary N) is 1. The van der Waals surface area contributed by atoms with Gasteiger partial charge in [0.1, 0.15) is 12.2 Å². The predicted octanol–water partition coefficient (Wildman–Crippen LogP) is 1.10. The smallest absolute Gasteiger partial charge is 0.352 e. The van der Waals surface area contributed by atoms with E-state index in [0.717, 1.165) is 12.8 Å². The molecule has 0 aliphatic heterocycles. The molecule has 17 heavy (non-hydrogen) atoms. The Morgan fingerprint density at radius 1 is 1.53 bits per heavy atom. The summed E-state index contributed by atoms with van der Waals surface area (Å²) in [5.74, 6) is -1.16. The summed E-state index contributed by atoms with van der Waals surface area (Å²) in [6.45, 7) is 2.87. The number of aromatic nitrogens is 1. The van der Waals surface area contributed by atoms with Gasteiger partial charge < -0.3 is 15.0 Å². The number of aromatic carboxylic acids is 1. The zero-order chi connectivity index (χ0) is 12.5. The molecular formula is C12H16N2O3. The normalized spacial score (nSPS) is 16.5. The van der Waals surface area contributed by atoms with Crippen molar-refractivity contribution in [3.63, 3.8) is 0 Å². The Balaban J connectivity index is 1.89. The Labute approximate surface area is 99.4 Å². The van der Waals surface area contributed by atoms with Gasteiger partial charge >= 0.3 is 5.97 Å². The number of carbonyl (C=O) groups is 2. The van der Waals surface area contributed by atoms with Crippen LogP contribution in [0.25, 0.3) is 0 Å². The third kappa shape index (κ3) is 2.87. The number of nitrogens with zero attached hydrogens (tertiary/aromatic N) is 1. The van der Waals surface area contributed by atoms with E-state index in [1.165, 1.54) is 10.6 Å². The highest BCUT2D eigenvalue weighted by molar-refractivity contribution is 5.86. The van der Waals surface area contributed by atoms with Crippen LogP contribution in [0, 0.1) is 5.41 Å². The quantitative estimate of drug-likeness (QED) is 0.804. The molecular weight excluding hydrogens is 220 g/mol. The van der Waals surface area contributed by atoms with E-state index in [9.17, 15) is 9.59 Å². The van der Waals surface area contributed by atoms with Gasteiger partial charge in [0.15, 0.2) is 0 Å². The van der Waals surface area contributed by atoms with Crippen LogP contribution in [0.3, 0.4) is 0 Å². The van der Waals surface area contributed by atoms with Crippen LogP contribution in [0.5, 0.6) is 0 Å². The minimum Gasteiger partial charge on any atom is -0.477 e. The van der Waals surface area contributed by atoms with Gasteiger partial charge in [-0.25, -0.2) is 4.79 Å². The predicted molar refractivity (Wildman–Crippen MR) is 61.7 cm³/mol. The third-order valence-electron chi connectivity index (χ3n) is 3.18. The summed E-state index contributed by atoms with van der Waals surface area (Å²) in [7, 11) is 0. The van der Waals surface area contributed by atoms with Crippen LogP contribution >= 0.6 is 0 Å². The van der Waals surface area contributed by atoms with Gasteiger partial charge in [-0.15, -0.1) is 0 Å². The molecule has 1 heterocycles. The molecule has 1 aromatic rings. The highest BCUT2D eigenvalue weighted by atomic mass is 16.4. The molecule has 1 aromatic heterocycles. The van der Waals surface area contributed by atoms with Crippen LogP contribution in [0.2, 0.25) is 0 Å². The van der Waals surface area contributed by atoms with Crippen molar-refractivity contribution in [1.82, 2.24) is 9.88 Å². The SMILES string of the molecule is CC1(CNC(=O)Cn2cccc2C(=O)O)CC1. The summed E-state index contributed by atoms with van der Waals surface area (Å²) in [6, 6.07) is 3.11. The number of carbonyl (C=O) groups excluding carboxylic acids is 1. The minimum absolute atomic E-state index is 0.0602. The van der Waals surface area contributed by atoms with Crippen LogP contribution in [-0.4, -0.2) is 28.1 Å². The maximum atomic E-state index is 11.6. The highest BCUT2D eigenvalue weighted by Crippen LogP contribution is 2.43. The lowest BCUT2D eigenvalue weighted by Crippen LogP contribution is -2.32. The second-order valence-corrected chi connectivity index (χ2v) is 4.91. The van der Waals surface area contributed by atoms with Crippen LogP contribution in [0.15, 0.2) is 18.3 Å². The fraction of sp³-hybridized carbons (Fsp3) is 0.500. The Bertz CT molecular complexity index is 446. The second kappa shape index (κ2) is 4.24. The Morgan fingerprint density at radius 3 is 2.82 bits per heavy atom. The third-order valence-corrected chi connectivity index (χ3v) is 3.18. The van der Waals surface area contributed by atoms with Gasteiger partial charge in [0.2, 0.25) is 5.91 Å². The molecule has 2 N–H and O–H groups in total. The monoisotopic (exact) mass is 236 g/mol. The zero-order valence-corrected chi connectivity index (χ0v) is 9.77. The van der Waals surface area contributed by atoms with E-state index in [4.69, 9.17) is 5.11 Å². The average molecular weight is 236 g/mol. The van der Waals surface area contributed by atoms with Gasteiger partial charge in [-0.3, -0.25) is 4.79 Å². The van der Waals surface area contributed by atoms with E-state index in [1.54, 1.807) is 12.3 Å². The van der Waals surface area contributed by atoms with Crippen LogP contribution in [-0.2, 0) is 11.3 Å². The molecule has 5 heteroatoms. The summed E-state index contributed by atoms with van der Waals surface area (Å²) in [4.78, 5) is 22.5. The molecule has 1 saturated carbocycles. The zero-order valence-electron chi connectivity index (χ0n) is 9.77. The van der Waals surface area contributed by atoms with Crippen molar-refractivity contribution >= 4 is 11.9 Å². The largest absolute Gasteiger partial charge is 0.477 e. The fourth-order valence-corrected chi connectivity index (χ4v) is 1.66. The van der Waals surface area contributed by atoms with E-state index in [1.807, 2.05) is 0 Å². The first-order chi connectivity index (χ1) is 8.00. The molecule has 1 amide bonds. The lowest BCUT2D eigenvalue weighted by molar-refractivity contribution is -0.121. The molecule has 0 spiro atoms. The van der Waals surface area contributed by atoms with Crippen molar-refractivity contribution < 1.29 is 14.7 Å². The first-order valence-corrected chi connectivity index (χ1v) is 5.65. The Hall–Kier alpha value is -1.78. The molecule has 0 bridgehead atoms. The summed E-state index contributed by atoms with van der Waals surface area (Å²) in [6.07, 6.45) is 3.90. The van der Waals surface area contributed by atoms with Crippen molar-refractivity contribution in [2.45, 2.75) is 26.3 Å². The number of hydrogen-bond donors (Lipinski definition) is 2. The van der Waals surface area contributed by atoms with Crippen molar-refractivity contribution in [2.24, 2.45) is 5.41 Å². The number of amides is 1. The molecule has 0 unspecified atom stereocenters. The van der Waals surface area contributed by atoms with E-state index in [0.29, 0.717) is 6.54 Å². The molecule has 1 fully saturated rings. The molecule has 0 radical (unpaired) electrons. The maximum Gasteiger partial charge on any atom is 0.352 e. The van der Waals surface area contributed by atoms with Crippen molar-refractivity contribution in [3.05, 3.63) is 24.0 Å². The standard InChI is InChI=1S/C12H16N2O3/c1-12(4-5-12)8-13-10(15)7-14-6-2-3-9(14)11(16)17/h2-3,6H,4-5,7-8H2,1H3,(H,13,15)(H,16,17). The van der Waals surface area contributed by atoms with Crippen molar-refractivity contribution in [3.8, 4) is 0 Å². The second-order valence-electron chi connectivity index (χ2n) is 4.91. The van der Waals surface area contributed by atoms with Gasteiger partial charge in [-0.1, -0.05) is 6.92 Å².